The van der Waals surface area contributed by atoms with Crippen LogP contribution >= 0.6 is 0 Å². The number of halogens is 4. The van der Waals surface area contributed by atoms with E-state index in [4.69, 9.17) is 9.47 Å². The predicted molar refractivity (Wildman–Crippen MR) is 81.9 cm³/mol. The van der Waals surface area contributed by atoms with Crippen LogP contribution in [0.25, 0.3) is 6.08 Å². The molecular formula is C18H14F4O2. The third kappa shape index (κ3) is 3.22. The van der Waals surface area contributed by atoms with Crippen molar-refractivity contribution >= 4 is 6.08 Å². The average molecular weight is 338 g/mol. The number of hydrogen-bond acceptors (Lipinski definition) is 2. The number of fused-ring (bicyclic) bond motifs is 1. The Hall–Kier alpha value is -2.50. The molecule has 0 N–H and O–H groups in total. The summed E-state index contributed by atoms with van der Waals surface area (Å²) in [7, 11) is 0. The van der Waals surface area contributed by atoms with E-state index in [9.17, 15) is 17.6 Å². The smallest absolute Gasteiger partial charge is 0.429 e. The average Bonchev–Trinajstić information content (AvgIpc) is 2.49. The Morgan fingerprint density at radius 3 is 2.38 bits per heavy atom. The first-order chi connectivity index (χ1) is 11.2. The summed E-state index contributed by atoms with van der Waals surface area (Å²) in [4.78, 5) is 0. The predicted octanol–water partition coefficient (Wildman–Crippen LogP) is 5.57. The highest BCUT2D eigenvalue weighted by molar-refractivity contribution is 5.64. The van der Waals surface area contributed by atoms with Gasteiger partial charge in [0.05, 0.1) is 0 Å². The van der Waals surface area contributed by atoms with Crippen LogP contribution in [0.4, 0.5) is 17.6 Å². The van der Waals surface area contributed by atoms with E-state index in [1.165, 1.54) is 30.3 Å². The normalized spacial score (nSPS) is 16.5. The fraction of sp³-hybridized carbons (Fsp3) is 0.222. The molecule has 2 nitrogen and oxygen atoms in total. The van der Waals surface area contributed by atoms with E-state index in [1.807, 2.05) is 0 Å². The minimum absolute atomic E-state index is 0.0974. The SMILES string of the molecule is Cc1cc(F)ccc1Oc1cc2c(cc1C)C=CC(C(F)(F)F)O2. The van der Waals surface area contributed by atoms with Crippen molar-refractivity contribution in [1.29, 1.82) is 0 Å². The van der Waals surface area contributed by atoms with Crippen molar-refractivity contribution in [1.82, 2.24) is 0 Å². The van der Waals surface area contributed by atoms with Gasteiger partial charge in [0.1, 0.15) is 23.1 Å². The van der Waals surface area contributed by atoms with Gasteiger partial charge in [-0.3, -0.25) is 0 Å². The monoisotopic (exact) mass is 338 g/mol. The van der Waals surface area contributed by atoms with E-state index in [-0.39, 0.29) is 11.6 Å². The van der Waals surface area contributed by atoms with Gasteiger partial charge in [-0.1, -0.05) is 6.08 Å². The van der Waals surface area contributed by atoms with Crippen molar-refractivity contribution in [3.05, 3.63) is 58.9 Å². The van der Waals surface area contributed by atoms with Crippen molar-refractivity contribution in [3.63, 3.8) is 0 Å². The van der Waals surface area contributed by atoms with E-state index >= 15 is 0 Å². The maximum atomic E-state index is 13.2. The van der Waals surface area contributed by atoms with Crippen LogP contribution in [-0.4, -0.2) is 12.3 Å². The molecule has 1 atom stereocenters. The zero-order valence-electron chi connectivity index (χ0n) is 12.9. The molecule has 1 aliphatic heterocycles. The second-order valence-electron chi connectivity index (χ2n) is 5.61. The van der Waals surface area contributed by atoms with Gasteiger partial charge in [0, 0.05) is 11.6 Å². The summed E-state index contributed by atoms with van der Waals surface area (Å²) in [6.45, 7) is 3.46. The molecule has 0 bridgehead atoms. The van der Waals surface area contributed by atoms with Crippen molar-refractivity contribution in [3.8, 4) is 17.2 Å². The molecule has 2 aromatic carbocycles. The van der Waals surface area contributed by atoms with Gasteiger partial charge in [-0.25, -0.2) is 4.39 Å². The molecule has 24 heavy (non-hydrogen) atoms. The van der Waals surface area contributed by atoms with Crippen molar-refractivity contribution in [2.24, 2.45) is 0 Å². The van der Waals surface area contributed by atoms with Crippen LogP contribution in [0.3, 0.4) is 0 Å². The lowest BCUT2D eigenvalue weighted by molar-refractivity contribution is -0.180. The summed E-state index contributed by atoms with van der Waals surface area (Å²) >= 11 is 0. The molecule has 0 spiro atoms. The molecule has 0 saturated heterocycles. The topological polar surface area (TPSA) is 18.5 Å². The lowest BCUT2D eigenvalue weighted by Crippen LogP contribution is -2.33. The highest BCUT2D eigenvalue weighted by atomic mass is 19.4. The van der Waals surface area contributed by atoms with Crippen molar-refractivity contribution in [2.45, 2.75) is 26.1 Å². The fourth-order valence-corrected chi connectivity index (χ4v) is 2.42. The first-order valence-corrected chi connectivity index (χ1v) is 7.24. The molecule has 0 aromatic heterocycles. The highest BCUT2D eigenvalue weighted by Crippen LogP contribution is 2.38. The van der Waals surface area contributed by atoms with E-state index in [0.29, 0.717) is 22.6 Å². The molecule has 0 fully saturated rings. The Balaban J connectivity index is 1.93. The summed E-state index contributed by atoms with van der Waals surface area (Å²) in [6.07, 6.45) is -4.09. The molecule has 126 valence electrons. The van der Waals surface area contributed by atoms with Gasteiger partial charge in [0.2, 0.25) is 6.10 Å². The van der Waals surface area contributed by atoms with Crippen molar-refractivity contribution < 1.29 is 27.0 Å². The molecule has 1 unspecified atom stereocenters. The number of alkyl halides is 3. The van der Waals surface area contributed by atoms with Gasteiger partial charge < -0.3 is 9.47 Å². The Morgan fingerprint density at radius 2 is 1.71 bits per heavy atom. The minimum Gasteiger partial charge on any atom is -0.476 e. The quantitative estimate of drug-likeness (QED) is 0.666. The second-order valence-corrected chi connectivity index (χ2v) is 5.61. The summed E-state index contributed by atoms with van der Waals surface area (Å²) in [5, 5.41) is 0. The van der Waals surface area contributed by atoms with Crippen LogP contribution in [0.5, 0.6) is 17.2 Å². The van der Waals surface area contributed by atoms with Gasteiger partial charge in [-0.05, 0) is 55.3 Å². The van der Waals surface area contributed by atoms with Crippen LogP contribution < -0.4 is 9.47 Å². The van der Waals surface area contributed by atoms with Crippen LogP contribution in [0.15, 0.2) is 36.4 Å². The Bertz CT molecular complexity index is 809. The maximum Gasteiger partial charge on any atom is 0.429 e. The number of aryl methyl sites for hydroxylation is 2. The first kappa shape index (κ1) is 16.4. The van der Waals surface area contributed by atoms with E-state index in [0.717, 1.165) is 11.6 Å². The first-order valence-electron chi connectivity index (χ1n) is 7.24. The number of ether oxygens (including phenoxy) is 2. The van der Waals surface area contributed by atoms with Gasteiger partial charge in [-0.15, -0.1) is 0 Å². The number of benzene rings is 2. The molecule has 0 aliphatic carbocycles. The Morgan fingerprint density at radius 1 is 1.00 bits per heavy atom. The summed E-state index contributed by atoms with van der Waals surface area (Å²) in [5.74, 6) is 0.501. The summed E-state index contributed by atoms with van der Waals surface area (Å²) in [5.41, 5.74) is 1.87. The molecular weight excluding hydrogens is 324 g/mol. The van der Waals surface area contributed by atoms with E-state index in [2.05, 4.69) is 0 Å². The minimum atomic E-state index is -4.48. The standard InChI is InChI=1S/C18H14F4O2/c1-10-7-12-3-6-17(18(20,21)22)24-16(12)9-15(10)23-14-5-4-13(19)8-11(14)2/h3-9,17H,1-2H3. The van der Waals surface area contributed by atoms with Gasteiger partial charge >= 0.3 is 6.18 Å². The molecule has 1 aliphatic rings. The fourth-order valence-electron chi connectivity index (χ4n) is 2.42. The summed E-state index contributed by atoms with van der Waals surface area (Å²) in [6, 6.07) is 7.17. The van der Waals surface area contributed by atoms with Gasteiger partial charge in [-0.2, -0.15) is 13.2 Å². The molecule has 2 aromatic rings. The second kappa shape index (κ2) is 5.85. The van der Waals surface area contributed by atoms with E-state index in [1.54, 1.807) is 19.9 Å². The van der Waals surface area contributed by atoms with Crippen LogP contribution in [0.1, 0.15) is 16.7 Å². The van der Waals surface area contributed by atoms with Gasteiger partial charge in [0.25, 0.3) is 0 Å². The van der Waals surface area contributed by atoms with Crippen LogP contribution in [0, 0.1) is 19.7 Å². The third-order valence-electron chi connectivity index (χ3n) is 3.69. The Kier molecular flexibility index (Phi) is 3.99. The maximum absolute atomic E-state index is 13.2. The lowest BCUT2D eigenvalue weighted by Gasteiger charge is -2.24. The third-order valence-corrected chi connectivity index (χ3v) is 3.69. The van der Waals surface area contributed by atoms with Gasteiger partial charge in [0.15, 0.2) is 0 Å². The lowest BCUT2D eigenvalue weighted by atomic mass is 10.1. The van der Waals surface area contributed by atoms with Crippen LogP contribution in [-0.2, 0) is 0 Å². The number of hydrogen-bond donors (Lipinski definition) is 0. The largest absolute Gasteiger partial charge is 0.476 e. The van der Waals surface area contributed by atoms with Crippen molar-refractivity contribution in [2.75, 3.05) is 0 Å². The van der Waals surface area contributed by atoms with Crippen LogP contribution in [0.2, 0.25) is 0 Å². The number of rotatable bonds is 2. The molecule has 0 saturated carbocycles. The highest BCUT2D eigenvalue weighted by Gasteiger charge is 2.41. The van der Waals surface area contributed by atoms with E-state index < -0.39 is 12.3 Å². The molecule has 0 amide bonds. The zero-order chi connectivity index (χ0) is 17.5. The Labute approximate surface area is 136 Å². The molecule has 6 heteroatoms. The molecule has 3 rings (SSSR count). The summed E-state index contributed by atoms with van der Waals surface area (Å²) < 4.78 is 62.3. The molecule has 1 heterocycles. The zero-order valence-corrected chi connectivity index (χ0v) is 12.9. The molecule has 0 radical (unpaired) electrons.